The van der Waals surface area contributed by atoms with Gasteiger partial charge >= 0.3 is 0 Å². The summed E-state index contributed by atoms with van der Waals surface area (Å²) in [6.07, 6.45) is 9.08. The number of hydrogen-bond acceptors (Lipinski definition) is 2. The summed E-state index contributed by atoms with van der Waals surface area (Å²) < 4.78 is 5.87. The molecule has 1 fully saturated rings. The number of ether oxygens (including phenoxy) is 1. The van der Waals surface area contributed by atoms with Crippen molar-refractivity contribution in [1.82, 2.24) is 0 Å². The fourth-order valence-electron chi connectivity index (χ4n) is 2.20. The van der Waals surface area contributed by atoms with Gasteiger partial charge in [0, 0.05) is 12.6 Å². The minimum Gasteiger partial charge on any atom is -0.378 e. The van der Waals surface area contributed by atoms with Crippen LogP contribution >= 0.6 is 0 Å². The summed E-state index contributed by atoms with van der Waals surface area (Å²) in [5, 5.41) is 0. The van der Waals surface area contributed by atoms with Gasteiger partial charge in [0.15, 0.2) is 0 Å². The largest absolute Gasteiger partial charge is 0.378 e. The Bertz CT molecular complexity index is 153. The van der Waals surface area contributed by atoms with Crippen molar-refractivity contribution in [3.05, 3.63) is 0 Å². The third-order valence-electron chi connectivity index (χ3n) is 3.56. The minimum absolute atomic E-state index is 0.375. The van der Waals surface area contributed by atoms with Crippen LogP contribution in [0.25, 0.3) is 0 Å². The average molecular weight is 213 g/mol. The Hall–Kier alpha value is -0.0800. The molecule has 0 aromatic heterocycles. The van der Waals surface area contributed by atoms with Crippen LogP contribution in [0.4, 0.5) is 0 Å². The minimum atomic E-state index is 0.375. The molecule has 0 aliphatic heterocycles. The van der Waals surface area contributed by atoms with Gasteiger partial charge in [0.2, 0.25) is 0 Å². The van der Waals surface area contributed by atoms with Crippen LogP contribution in [0.2, 0.25) is 0 Å². The molecule has 1 aliphatic carbocycles. The summed E-state index contributed by atoms with van der Waals surface area (Å²) in [5.41, 5.74) is 5.85. The molecule has 0 amide bonds. The summed E-state index contributed by atoms with van der Waals surface area (Å²) in [6.45, 7) is 5.40. The van der Waals surface area contributed by atoms with Gasteiger partial charge in [0.05, 0.1) is 6.10 Å². The van der Waals surface area contributed by atoms with Crippen LogP contribution in [-0.2, 0) is 4.74 Å². The van der Waals surface area contributed by atoms with Crippen LogP contribution in [0.15, 0.2) is 0 Å². The molecule has 2 heteroatoms. The second-order valence-electron chi connectivity index (χ2n) is 5.06. The molecule has 15 heavy (non-hydrogen) atoms. The third-order valence-corrected chi connectivity index (χ3v) is 3.56. The summed E-state index contributed by atoms with van der Waals surface area (Å²) in [6, 6.07) is 0.375. The van der Waals surface area contributed by atoms with Crippen molar-refractivity contribution >= 4 is 0 Å². The topological polar surface area (TPSA) is 35.2 Å². The maximum atomic E-state index is 5.87. The zero-order valence-corrected chi connectivity index (χ0v) is 10.4. The van der Waals surface area contributed by atoms with E-state index in [2.05, 4.69) is 13.8 Å². The standard InChI is InChI=1S/C13H27NO/c1-3-12(14)5-4-10-15-13-8-6-11(2)7-9-13/h11-13H,3-10,14H2,1-2H3. The first kappa shape index (κ1) is 13.0. The molecule has 2 N–H and O–H groups in total. The SMILES string of the molecule is CCC(N)CCCOC1CCC(C)CC1. The van der Waals surface area contributed by atoms with Gasteiger partial charge in [-0.3, -0.25) is 0 Å². The quantitative estimate of drug-likeness (QED) is 0.688. The molecular weight excluding hydrogens is 186 g/mol. The first-order valence-corrected chi connectivity index (χ1v) is 6.59. The normalized spacial score (nSPS) is 29.0. The van der Waals surface area contributed by atoms with E-state index < -0.39 is 0 Å². The first-order valence-electron chi connectivity index (χ1n) is 6.59. The van der Waals surface area contributed by atoms with Crippen molar-refractivity contribution in [3.63, 3.8) is 0 Å². The van der Waals surface area contributed by atoms with E-state index in [0.717, 1.165) is 31.8 Å². The van der Waals surface area contributed by atoms with Crippen LogP contribution in [0.5, 0.6) is 0 Å². The molecule has 0 bridgehead atoms. The lowest BCUT2D eigenvalue weighted by atomic mass is 9.89. The van der Waals surface area contributed by atoms with E-state index in [1.54, 1.807) is 0 Å². The molecule has 0 aromatic carbocycles. The highest BCUT2D eigenvalue weighted by Crippen LogP contribution is 2.25. The molecule has 0 spiro atoms. The summed E-state index contributed by atoms with van der Waals surface area (Å²) in [5.74, 6) is 0.915. The van der Waals surface area contributed by atoms with E-state index >= 15 is 0 Å². The van der Waals surface area contributed by atoms with Crippen molar-refractivity contribution in [2.24, 2.45) is 11.7 Å². The zero-order valence-electron chi connectivity index (χ0n) is 10.4. The van der Waals surface area contributed by atoms with Gasteiger partial charge in [-0.2, -0.15) is 0 Å². The Balaban J connectivity index is 1.96. The van der Waals surface area contributed by atoms with Crippen molar-refractivity contribution in [2.45, 2.75) is 70.9 Å². The Kier molecular flexibility index (Phi) is 6.26. The second-order valence-corrected chi connectivity index (χ2v) is 5.06. The molecule has 1 aliphatic rings. The van der Waals surface area contributed by atoms with Crippen LogP contribution in [0, 0.1) is 5.92 Å². The second kappa shape index (κ2) is 7.24. The zero-order chi connectivity index (χ0) is 11.1. The van der Waals surface area contributed by atoms with E-state index in [9.17, 15) is 0 Å². The maximum absolute atomic E-state index is 5.87. The molecule has 1 unspecified atom stereocenters. The van der Waals surface area contributed by atoms with Crippen LogP contribution in [-0.4, -0.2) is 18.8 Å². The molecule has 1 saturated carbocycles. The van der Waals surface area contributed by atoms with E-state index in [1.165, 1.54) is 25.7 Å². The van der Waals surface area contributed by atoms with Gasteiger partial charge in [-0.1, -0.05) is 13.8 Å². The smallest absolute Gasteiger partial charge is 0.0575 e. The Labute approximate surface area is 94.6 Å². The number of hydrogen-bond donors (Lipinski definition) is 1. The van der Waals surface area contributed by atoms with Gasteiger partial charge in [-0.25, -0.2) is 0 Å². The maximum Gasteiger partial charge on any atom is 0.0575 e. The lowest BCUT2D eigenvalue weighted by Crippen LogP contribution is -2.22. The number of nitrogens with two attached hydrogens (primary N) is 1. The molecular formula is C13H27NO. The van der Waals surface area contributed by atoms with Crippen molar-refractivity contribution in [2.75, 3.05) is 6.61 Å². The van der Waals surface area contributed by atoms with Gasteiger partial charge in [-0.15, -0.1) is 0 Å². The Morgan fingerprint density at radius 3 is 2.53 bits per heavy atom. The summed E-state index contributed by atoms with van der Waals surface area (Å²) in [7, 11) is 0. The average Bonchev–Trinajstić information content (AvgIpc) is 2.26. The van der Waals surface area contributed by atoms with E-state index in [-0.39, 0.29) is 0 Å². The first-order chi connectivity index (χ1) is 7.22. The lowest BCUT2D eigenvalue weighted by Gasteiger charge is -2.26. The summed E-state index contributed by atoms with van der Waals surface area (Å²) in [4.78, 5) is 0. The molecule has 0 aromatic rings. The van der Waals surface area contributed by atoms with Gasteiger partial charge in [0.25, 0.3) is 0 Å². The molecule has 2 nitrogen and oxygen atoms in total. The third kappa shape index (κ3) is 5.53. The van der Waals surface area contributed by atoms with Gasteiger partial charge in [0.1, 0.15) is 0 Å². The molecule has 1 atom stereocenters. The van der Waals surface area contributed by atoms with E-state index in [0.29, 0.717) is 12.1 Å². The summed E-state index contributed by atoms with van der Waals surface area (Å²) >= 11 is 0. The van der Waals surface area contributed by atoms with Gasteiger partial charge in [-0.05, 0) is 50.9 Å². The van der Waals surface area contributed by atoms with E-state index in [4.69, 9.17) is 10.5 Å². The van der Waals surface area contributed by atoms with Crippen molar-refractivity contribution < 1.29 is 4.74 Å². The highest BCUT2D eigenvalue weighted by Gasteiger charge is 2.18. The molecule has 0 saturated heterocycles. The van der Waals surface area contributed by atoms with Crippen LogP contribution in [0.3, 0.4) is 0 Å². The predicted molar refractivity (Wildman–Crippen MR) is 64.9 cm³/mol. The molecule has 90 valence electrons. The van der Waals surface area contributed by atoms with Crippen molar-refractivity contribution in [1.29, 1.82) is 0 Å². The lowest BCUT2D eigenvalue weighted by molar-refractivity contribution is 0.0175. The van der Waals surface area contributed by atoms with Gasteiger partial charge < -0.3 is 10.5 Å². The predicted octanol–water partition coefficient (Wildman–Crippen LogP) is 3.10. The monoisotopic (exact) mass is 213 g/mol. The Morgan fingerprint density at radius 2 is 1.93 bits per heavy atom. The molecule has 0 heterocycles. The van der Waals surface area contributed by atoms with Crippen molar-refractivity contribution in [3.8, 4) is 0 Å². The van der Waals surface area contributed by atoms with Crippen LogP contribution in [0.1, 0.15) is 58.8 Å². The highest BCUT2D eigenvalue weighted by atomic mass is 16.5. The fraction of sp³-hybridized carbons (Fsp3) is 1.00. The van der Waals surface area contributed by atoms with E-state index in [1.807, 2.05) is 0 Å². The molecule has 0 radical (unpaired) electrons. The van der Waals surface area contributed by atoms with Crippen LogP contribution < -0.4 is 5.73 Å². The molecule has 1 rings (SSSR count). The highest BCUT2D eigenvalue weighted by molar-refractivity contribution is 4.70. The fourth-order valence-corrected chi connectivity index (χ4v) is 2.20. The number of rotatable bonds is 6. The Morgan fingerprint density at radius 1 is 1.27 bits per heavy atom.